The van der Waals surface area contributed by atoms with Crippen LogP contribution in [0.25, 0.3) is 0 Å². The lowest BCUT2D eigenvalue weighted by atomic mass is 9.96. The van der Waals surface area contributed by atoms with Crippen LogP contribution < -0.4 is 15.4 Å². The summed E-state index contributed by atoms with van der Waals surface area (Å²) in [6.45, 7) is 1.62. The molecule has 1 aromatic heterocycles. The first kappa shape index (κ1) is 20.3. The van der Waals surface area contributed by atoms with Gasteiger partial charge >= 0.3 is 11.8 Å². The number of hydrogen-bond donors (Lipinski definition) is 2. The molecule has 3 rings (SSSR count). The number of carbonyl (C=O) groups excluding carboxylic acids is 3. The number of hydrogen-bond acceptors (Lipinski definition) is 5. The molecule has 0 atom stereocenters. The minimum atomic E-state index is -0.737. The fourth-order valence-corrected chi connectivity index (χ4v) is 3.26. The molecule has 0 aliphatic carbocycles. The molecule has 1 aromatic carbocycles. The third kappa shape index (κ3) is 5.31. The van der Waals surface area contributed by atoms with E-state index in [1.54, 1.807) is 53.7 Å². The molecular formula is C21H24N4O4. The molecule has 3 amide bonds. The molecule has 1 aliphatic rings. The first-order valence-electron chi connectivity index (χ1n) is 9.50. The Balaban J connectivity index is 1.43. The van der Waals surface area contributed by atoms with Crippen molar-refractivity contribution in [3.8, 4) is 5.75 Å². The first-order valence-corrected chi connectivity index (χ1v) is 9.50. The third-order valence-electron chi connectivity index (χ3n) is 4.92. The molecule has 2 heterocycles. The molecular weight excluding hydrogens is 372 g/mol. The fourth-order valence-electron chi connectivity index (χ4n) is 3.26. The highest BCUT2D eigenvalue weighted by Gasteiger charge is 2.25. The van der Waals surface area contributed by atoms with Gasteiger partial charge in [-0.05, 0) is 43.0 Å². The zero-order valence-corrected chi connectivity index (χ0v) is 16.3. The molecule has 1 fully saturated rings. The highest BCUT2D eigenvalue weighted by Crippen LogP contribution is 2.23. The number of amides is 3. The van der Waals surface area contributed by atoms with Crippen LogP contribution in [0.2, 0.25) is 0 Å². The Morgan fingerprint density at radius 3 is 2.55 bits per heavy atom. The number of carbonyl (C=O) groups is 3. The van der Waals surface area contributed by atoms with Crippen molar-refractivity contribution in [1.82, 2.24) is 15.2 Å². The van der Waals surface area contributed by atoms with Gasteiger partial charge in [-0.15, -0.1) is 0 Å². The van der Waals surface area contributed by atoms with Crippen LogP contribution in [-0.4, -0.2) is 54.3 Å². The van der Waals surface area contributed by atoms with Crippen LogP contribution in [0.3, 0.4) is 0 Å². The van der Waals surface area contributed by atoms with Crippen molar-refractivity contribution in [1.29, 1.82) is 0 Å². The zero-order valence-electron chi connectivity index (χ0n) is 16.3. The summed E-state index contributed by atoms with van der Waals surface area (Å²) in [5.74, 6) is -0.754. The fraction of sp³-hybridized carbons (Fsp3) is 0.333. The smallest absolute Gasteiger partial charge is 0.313 e. The van der Waals surface area contributed by atoms with E-state index in [1.807, 2.05) is 0 Å². The maximum Gasteiger partial charge on any atom is 0.313 e. The molecule has 0 spiro atoms. The SMILES string of the molecule is COc1ccccc1NC(=O)C(=O)NCC1CCN(C(=O)c2cccnc2)CC1. The van der Waals surface area contributed by atoms with Crippen molar-refractivity contribution in [3.63, 3.8) is 0 Å². The van der Waals surface area contributed by atoms with Gasteiger partial charge in [-0.25, -0.2) is 0 Å². The lowest BCUT2D eigenvalue weighted by Crippen LogP contribution is -2.43. The number of nitrogens with zero attached hydrogens (tertiary/aromatic N) is 2. The average Bonchev–Trinajstić information content (AvgIpc) is 2.78. The van der Waals surface area contributed by atoms with E-state index in [4.69, 9.17) is 4.74 Å². The molecule has 1 saturated heterocycles. The number of para-hydroxylation sites is 2. The predicted octanol–water partition coefficient (Wildman–Crippen LogP) is 1.70. The third-order valence-corrected chi connectivity index (χ3v) is 4.92. The first-order chi connectivity index (χ1) is 14.1. The summed E-state index contributed by atoms with van der Waals surface area (Å²) in [6.07, 6.45) is 4.73. The quantitative estimate of drug-likeness (QED) is 0.749. The van der Waals surface area contributed by atoms with Gasteiger partial charge in [0.2, 0.25) is 0 Å². The van der Waals surface area contributed by atoms with E-state index in [-0.39, 0.29) is 11.8 Å². The standard InChI is InChI=1S/C21H24N4O4/c1-29-18-7-3-2-6-17(18)24-20(27)19(26)23-13-15-8-11-25(12-9-15)21(28)16-5-4-10-22-14-16/h2-7,10,14-15H,8-9,11-13H2,1H3,(H,23,26)(H,24,27). The minimum absolute atomic E-state index is 0.0308. The lowest BCUT2D eigenvalue weighted by Gasteiger charge is -2.32. The molecule has 8 nitrogen and oxygen atoms in total. The van der Waals surface area contributed by atoms with Gasteiger partial charge in [-0.2, -0.15) is 0 Å². The Kier molecular flexibility index (Phi) is 6.78. The van der Waals surface area contributed by atoms with Crippen molar-refractivity contribution in [2.24, 2.45) is 5.92 Å². The Morgan fingerprint density at radius 2 is 1.86 bits per heavy atom. The van der Waals surface area contributed by atoms with Gasteiger partial charge in [0.05, 0.1) is 18.4 Å². The van der Waals surface area contributed by atoms with Crippen LogP contribution in [0, 0.1) is 5.92 Å². The van der Waals surface area contributed by atoms with Crippen LogP contribution in [-0.2, 0) is 9.59 Å². The average molecular weight is 396 g/mol. The molecule has 8 heteroatoms. The summed E-state index contributed by atoms with van der Waals surface area (Å²) in [5, 5.41) is 5.23. The number of likely N-dealkylation sites (tertiary alicyclic amines) is 1. The van der Waals surface area contributed by atoms with E-state index >= 15 is 0 Å². The van der Waals surface area contributed by atoms with E-state index in [0.29, 0.717) is 36.6 Å². The number of aromatic nitrogens is 1. The van der Waals surface area contributed by atoms with Crippen LogP contribution >= 0.6 is 0 Å². The number of benzene rings is 1. The number of pyridine rings is 1. The molecule has 2 N–H and O–H groups in total. The van der Waals surface area contributed by atoms with Crippen LogP contribution in [0.4, 0.5) is 5.69 Å². The van der Waals surface area contributed by atoms with Crippen LogP contribution in [0.5, 0.6) is 5.75 Å². The van der Waals surface area contributed by atoms with Gasteiger partial charge in [-0.3, -0.25) is 19.4 Å². The number of methoxy groups -OCH3 is 1. The normalized spacial score (nSPS) is 14.2. The summed E-state index contributed by atoms with van der Waals surface area (Å²) in [7, 11) is 1.50. The molecule has 0 radical (unpaired) electrons. The van der Waals surface area contributed by atoms with Gasteiger partial charge in [0, 0.05) is 32.0 Å². The summed E-state index contributed by atoms with van der Waals surface area (Å²) >= 11 is 0. The van der Waals surface area contributed by atoms with Crippen LogP contribution in [0.1, 0.15) is 23.2 Å². The van der Waals surface area contributed by atoms with Crippen molar-refractivity contribution in [2.75, 3.05) is 32.1 Å². The van der Waals surface area contributed by atoms with Crippen molar-refractivity contribution < 1.29 is 19.1 Å². The van der Waals surface area contributed by atoms with Gasteiger partial charge in [-0.1, -0.05) is 12.1 Å². The van der Waals surface area contributed by atoms with Gasteiger partial charge in [0.25, 0.3) is 5.91 Å². The number of ether oxygens (including phenoxy) is 1. The number of anilines is 1. The molecule has 1 aliphatic heterocycles. The van der Waals surface area contributed by atoms with Crippen molar-refractivity contribution in [3.05, 3.63) is 54.4 Å². The summed E-state index contributed by atoms with van der Waals surface area (Å²) in [6, 6.07) is 10.4. The number of nitrogens with one attached hydrogen (secondary N) is 2. The Hall–Kier alpha value is -3.42. The van der Waals surface area contributed by atoms with Gasteiger partial charge in [0.15, 0.2) is 0 Å². The second-order valence-electron chi connectivity index (χ2n) is 6.84. The van der Waals surface area contributed by atoms with E-state index in [2.05, 4.69) is 15.6 Å². The number of piperidine rings is 1. The van der Waals surface area contributed by atoms with Crippen LogP contribution in [0.15, 0.2) is 48.8 Å². The largest absolute Gasteiger partial charge is 0.495 e. The highest BCUT2D eigenvalue weighted by atomic mass is 16.5. The van der Waals surface area contributed by atoms with Gasteiger partial charge in [0.1, 0.15) is 5.75 Å². The second-order valence-corrected chi connectivity index (χ2v) is 6.84. The zero-order chi connectivity index (χ0) is 20.6. The summed E-state index contributed by atoms with van der Waals surface area (Å²) < 4.78 is 5.16. The van der Waals surface area contributed by atoms with Crippen molar-refractivity contribution >= 4 is 23.4 Å². The maximum atomic E-state index is 12.4. The molecule has 152 valence electrons. The molecule has 2 aromatic rings. The molecule has 0 bridgehead atoms. The monoisotopic (exact) mass is 396 g/mol. The number of rotatable bonds is 5. The lowest BCUT2D eigenvalue weighted by molar-refractivity contribution is -0.136. The molecule has 0 unspecified atom stereocenters. The maximum absolute atomic E-state index is 12.4. The van der Waals surface area contributed by atoms with E-state index in [0.717, 1.165) is 12.8 Å². The summed E-state index contributed by atoms with van der Waals surface area (Å²) in [5.41, 5.74) is 1.02. The Labute approximate surface area is 169 Å². The highest BCUT2D eigenvalue weighted by molar-refractivity contribution is 6.39. The van der Waals surface area contributed by atoms with Gasteiger partial charge < -0.3 is 20.3 Å². The van der Waals surface area contributed by atoms with E-state index in [1.165, 1.54) is 7.11 Å². The van der Waals surface area contributed by atoms with Crippen molar-refractivity contribution in [2.45, 2.75) is 12.8 Å². The Morgan fingerprint density at radius 1 is 1.10 bits per heavy atom. The topological polar surface area (TPSA) is 101 Å². The molecule has 0 saturated carbocycles. The Bertz CT molecular complexity index is 864. The predicted molar refractivity (Wildman–Crippen MR) is 107 cm³/mol. The van der Waals surface area contributed by atoms with E-state index < -0.39 is 11.8 Å². The summed E-state index contributed by atoms with van der Waals surface area (Å²) in [4.78, 5) is 42.4. The van der Waals surface area contributed by atoms with E-state index in [9.17, 15) is 14.4 Å². The molecule has 29 heavy (non-hydrogen) atoms. The minimum Gasteiger partial charge on any atom is -0.495 e. The second kappa shape index (κ2) is 9.68.